The Morgan fingerprint density at radius 3 is 1.96 bits per heavy atom. The number of benzene rings is 1. The van der Waals surface area contributed by atoms with Gasteiger partial charge in [0.2, 0.25) is 0 Å². The zero-order valence-electron chi connectivity index (χ0n) is 14.8. The zero-order chi connectivity index (χ0) is 17.6. The van der Waals surface area contributed by atoms with Crippen LogP contribution in [0, 0.1) is 13.8 Å². The van der Waals surface area contributed by atoms with E-state index in [1.54, 1.807) is 0 Å². The van der Waals surface area contributed by atoms with Crippen molar-refractivity contribution < 1.29 is 0 Å². The van der Waals surface area contributed by atoms with E-state index in [2.05, 4.69) is 42.2 Å². The molecule has 0 aliphatic carbocycles. The van der Waals surface area contributed by atoms with Crippen LogP contribution in [0.5, 0.6) is 0 Å². The molecule has 0 spiro atoms. The molecule has 6 nitrogen and oxygen atoms in total. The highest BCUT2D eigenvalue weighted by Gasteiger charge is 2.18. The zero-order valence-corrected chi connectivity index (χ0v) is 14.8. The lowest BCUT2D eigenvalue weighted by Gasteiger charge is -2.07. The maximum absolute atomic E-state index is 4.88. The summed E-state index contributed by atoms with van der Waals surface area (Å²) >= 11 is 0. The molecule has 3 aromatic heterocycles. The number of rotatable bonds is 3. The predicted molar refractivity (Wildman–Crippen MR) is 97.4 cm³/mol. The molecule has 0 bridgehead atoms. The highest BCUT2D eigenvalue weighted by Crippen LogP contribution is 2.31. The smallest absolute Gasteiger partial charge is 0.0968 e. The van der Waals surface area contributed by atoms with Gasteiger partial charge in [-0.2, -0.15) is 15.3 Å². The summed E-state index contributed by atoms with van der Waals surface area (Å²) in [6.07, 6.45) is 3.76. The van der Waals surface area contributed by atoms with Crippen LogP contribution in [-0.4, -0.2) is 29.3 Å². The fourth-order valence-corrected chi connectivity index (χ4v) is 2.97. The lowest BCUT2D eigenvalue weighted by molar-refractivity contribution is 0.740. The Morgan fingerprint density at radius 1 is 0.800 bits per heavy atom. The van der Waals surface area contributed by atoms with Crippen LogP contribution in [-0.2, 0) is 14.1 Å². The topological polar surface area (TPSA) is 53.5 Å². The van der Waals surface area contributed by atoms with Crippen molar-refractivity contribution in [3.8, 4) is 28.2 Å². The van der Waals surface area contributed by atoms with Gasteiger partial charge in [-0.25, -0.2) is 4.68 Å². The van der Waals surface area contributed by atoms with Crippen molar-refractivity contribution in [2.45, 2.75) is 13.8 Å². The molecule has 3 heterocycles. The number of aromatic nitrogens is 6. The quantitative estimate of drug-likeness (QED) is 0.578. The number of aryl methyl sites for hydroxylation is 2. The third-order valence-corrected chi connectivity index (χ3v) is 4.73. The Balaban J connectivity index is 1.96. The number of para-hydroxylation sites is 1. The summed E-state index contributed by atoms with van der Waals surface area (Å²) in [5.41, 5.74) is 7.27. The van der Waals surface area contributed by atoms with Gasteiger partial charge in [-0.3, -0.25) is 9.36 Å². The largest absolute Gasteiger partial charge is 0.272 e. The molecule has 0 unspecified atom stereocenters. The molecule has 25 heavy (non-hydrogen) atoms. The average molecular weight is 332 g/mol. The molecular formula is C19H20N6. The van der Waals surface area contributed by atoms with E-state index in [4.69, 9.17) is 5.10 Å². The van der Waals surface area contributed by atoms with Gasteiger partial charge in [0.05, 0.1) is 29.5 Å². The van der Waals surface area contributed by atoms with Gasteiger partial charge in [-0.15, -0.1) is 0 Å². The first-order valence-electron chi connectivity index (χ1n) is 8.19. The summed E-state index contributed by atoms with van der Waals surface area (Å²) in [6, 6.07) is 12.3. The molecule has 0 aliphatic heterocycles. The van der Waals surface area contributed by atoms with Gasteiger partial charge in [0.25, 0.3) is 0 Å². The monoisotopic (exact) mass is 332 g/mol. The highest BCUT2D eigenvalue weighted by atomic mass is 15.3. The molecule has 0 saturated heterocycles. The van der Waals surface area contributed by atoms with Gasteiger partial charge >= 0.3 is 0 Å². The minimum atomic E-state index is 0.910. The highest BCUT2D eigenvalue weighted by molar-refractivity contribution is 5.72. The van der Waals surface area contributed by atoms with E-state index in [0.717, 1.165) is 39.6 Å². The summed E-state index contributed by atoms with van der Waals surface area (Å²) in [5, 5.41) is 13.6. The Hall–Kier alpha value is -3.15. The Kier molecular flexibility index (Phi) is 3.53. The van der Waals surface area contributed by atoms with Gasteiger partial charge in [-0.1, -0.05) is 18.2 Å². The molecule has 6 heteroatoms. The SMILES string of the molecule is Cc1c(-c2cc(-c3cnn(C)c3C)n(-c3ccccc3)n2)cnn1C. The Morgan fingerprint density at radius 2 is 1.40 bits per heavy atom. The predicted octanol–water partition coefficient (Wildman–Crippen LogP) is 3.29. The number of hydrogen-bond donors (Lipinski definition) is 0. The number of nitrogens with zero attached hydrogens (tertiary/aromatic N) is 6. The fraction of sp³-hybridized carbons (Fsp3) is 0.211. The molecule has 126 valence electrons. The molecule has 4 rings (SSSR count). The summed E-state index contributed by atoms with van der Waals surface area (Å²) in [6.45, 7) is 4.12. The summed E-state index contributed by atoms with van der Waals surface area (Å²) in [5.74, 6) is 0. The van der Waals surface area contributed by atoms with Gasteiger partial charge in [0.15, 0.2) is 0 Å². The Bertz CT molecular complexity index is 1040. The summed E-state index contributed by atoms with van der Waals surface area (Å²) in [4.78, 5) is 0. The van der Waals surface area contributed by atoms with Crippen molar-refractivity contribution in [2.75, 3.05) is 0 Å². The molecule has 0 fully saturated rings. The van der Waals surface area contributed by atoms with Gasteiger partial charge in [0, 0.05) is 36.6 Å². The van der Waals surface area contributed by atoms with Crippen molar-refractivity contribution in [3.63, 3.8) is 0 Å². The van der Waals surface area contributed by atoms with E-state index in [-0.39, 0.29) is 0 Å². The summed E-state index contributed by atoms with van der Waals surface area (Å²) in [7, 11) is 3.90. The summed E-state index contributed by atoms with van der Waals surface area (Å²) < 4.78 is 5.73. The van der Waals surface area contributed by atoms with Crippen molar-refractivity contribution in [1.29, 1.82) is 0 Å². The molecule has 0 aliphatic rings. The van der Waals surface area contributed by atoms with Crippen LogP contribution in [0.15, 0.2) is 48.8 Å². The van der Waals surface area contributed by atoms with Gasteiger partial charge < -0.3 is 0 Å². The molecule has 0 atom stereocenters. The standard InChI is InChI=1S/C19H20N6/c1-13-16(11-20-23(13)3)18-10-19(17-12-21-24(4)14(17)2)25(22-18)15-8-6-5-7-9-15/h5-12H,1-4H3. The minimum Gasteiger partial charge on any atom is -0.272 e. The van der Waals surface area contributed by atoms with Crippen molar-refractivity contribution in [1.82, 2.24) is 29.3 Å². The first kappa shape index (κ1) is 15.4. The molecule has 4 aromatic rings. The van der Waals surface area contributed by atoms with Crippen molar-refractivity contribution in [2.24, 2.45) is 14.1 Å². The molecular weight excluding hydrogens is 312 g/mol. The van der Waals surface area contributed by atoms with E-state index in [1.165, 1.54) is 0 Å². The van der Waals surface area contributed by atoms with Gasteiger partial charge in [-0.05, 0) is 32.0 Å². The van der Waals surface area contributed by atoms with Crippen LogP contribution in [0.1, 0.15) is 11.4 Å². The first-order chi connectivity index (χ1) is 12.1. The second kappa shape index (κ2) is 5.73. The van der Waals surface area contributed by atoms with Crippen LogP contribution in [0.3, 0.4) is 0 Å². The lowest BCUT2D eigenvalue weighted by Crippen LogP contribution is -2.00. The van der Waals surface area contributed by atoms with Crippen LogP contribution < -0.4 is 0 Å². The van der Waals surface area contributed by atoms with E-state index < -0.39 is 0 Å². The van der Waals surface area contributed by atoms with E-state index >= 15 is 0 Å². The first-order valence-corrected chi connectivity index (χ1v) is 8.19. The minimum absolute atomic E-state index is 0.910. The van der Waals surface area contributed by atoms with E-state index in [1.807, 2.05) is 58.7 Å². The molecule has 1 aromatic carbocycles. The Labute approximate surface area is 146 Å². The number of hydrogen-bond acceptors (Lipinski definition) is 3. The van der Waals surface area contributed by atoms with Crippen LogP contribution in [0.4, 0.5) is 0 Å². The van der Waals surface area contributed by atoms with E-state index in [9.17, 15) is 0 Å². The normalized spacial score (nSPS) is 11.2. The van der Waals surface area contributed by atoms with Crippen LogP contribution in [0.2, 0.25) is 0 Å². The van der Waals surface area contributed by atoms with Crippen molar-refractivity contribution >= 4 is 0 Å². The van der Waals surface area contributed by atoms with E-state index in [0.29, 0.717) is 0 Å². The maximum atomic E-state index is 4.88. The van der Waals surface area contributed by atoms with Crippen LogP contribution >= 0.6 is 0 Å². The lowest BCUT2D eigenvalue weighted by atomic mass is 10.1. The maximum Gasteiger partial charge on any atom is 0.0968 e. The van der Waals surface area contributed by atoms with Gasteiger partial charge in [0.1, 0.15) is 0 Å². The van der Waals surface area contributed by atoms with Crippen molar-refractivity contribution in [3.05, 3.63) is 60.2 Å². The molecule has 0 N–H and O–H groups in total. The fourth-order valence-electron chi connectivity index (χ4n) is 2.97. The third-order valence-electron chi connectivity index (χ3n) is 4.73. The second-order valence-corrected chi connectivity index (χ2v) is 6.20. The second-order valence-electron chi connectivity index (χ2n) is 6.20. The average Bonchev–Trinajstić information content (AvgIpc) is 3.29. The van der Waals surface area contributed by atoms with Crippen LogP contribution in [0.25, 0.3) is 28.2 Å². The molecule has 0 radical (unpaired) electrons. The molecule has 0 saturated carbocycles. The third kappa shape index (κ3) is 2.46. The molecule has 0 amide bonds.